The first-order chi connectivity index (χ1) is 19.6. The Kier molecular flexibility index (Phi) is 8.42. The Balaban J connectivity index is 1.42. The van der Waals surface area contributed by atoms with Crippen LogP contribution in [0.1, 0.15) is 49.3 Å². The fourth-order valence-corrected chi connectivity index (χ4v) is 5.38. The molecular weight excluding hydrogens is 546 g/mol. The lowest BCUT2D eigenvalue weighted by Gasteiger charge is -2.34. The molecule has 0 saturated carbocycles. The molecule has 0 bridgehead atoms. The lowest BCUT2D eigenvalue weighted by atomic mass is 10.0. The zero-order valence-electron chi connectivity index (χ0n) is 23.8. The number of benzene rings is 1. The first-order valence-electron chi connectivity index (χ1n) is 13.9. The van der Waals surface area contributed by atoms with E-state index in [9.17, 15) is 9.59 Å². The van der Waals surface area contributed by atoms with Gasteiger partial charge in [-0.3, -0.25) is 9.78 Å². The Hall–Kier alpha value is -3.76. The summed E-state index contributed by atoms with van der Waals surface area (Å²) in [6.07, 6.45) is 4.01. The molecule has 2 aromatic heterocycles. The molecule has 3 aromatic rings. The molecule has 1 fully saturated rings. The highest BCUT2D eigenvalue weighted by atomic mass is 35.5. The maximum atomic E-state index is 13.1. The largest absolute Gasteiger partial charge is 0.488 e. The van der Waals surface area contributed by atoms with Crippen molar-refractivity contribution >= 4 is 35.0 Å². The summed E-state index contributed by atoms with van der Waals surface area (Å²) in [6.45, 7) is 9.52. The van der Waals surface area contributed by atoms with Crippen molar-refractivity contribution in [2.45, 2.75) is 52.2 Å². The summed E-state index contributed by atoms with van der Waals surface area (Å²) in [4.78, 5) is 35.1. The summed E-state index contributed by atoms with van der Waals surface area (Å²) < 4.78 is 17.7. The van der Waals surface area contributed by atoms with Crippen LogP contribution in [-0.2, 0) is 22.3 Å². The van der Waals surface area contributed by atoms with Gasteiger partial charge in [-0.05, 0) is 51.0 Å². The van der Waals surface area contributed by atoms with Gasteiger partial charge in [0.25, 0.3) is 5.91 Å². The fraction of sp³-hybridized carbons (Fsp3) is 0.433. The van der Waals surface area contributed by atoms with Gasteiger partial charge in [0.15, 0.2) is 0 Å². The van der Waals surface area contributed by atoms with Gasteiger partial charge in [0.05, 0.1) is 36.3 Å². The standard InChI is InChI=1S/C30H36ClN5O5/c1-5-19-21(31)7-6-8-22(19)34-27-25-23(10-12-33-28(25)37)35-26(27)20-9-11-32-15-24(20)40-17-18-16-36(13-14-39-18)29(38)41-30(2,3)4/h6-9,11,15,18,34-35H,5,10,12-14,16-17H2,1-4H3,(H,33,37)/t18-/m1/s1. The van der Waals surface area contributed by atoms with Crippen molar-refractivity contribution in [1.82, 2.24) is 20.2 Å². The molecule has 41 heavy (non-hydrogen) atoms. The van der Waals surface area contributed by atoms with Crippen LogP contribution in [0.3, 0.4) is 0 Å². The monoisotopic (exact) mass is 581 g/mol. The van der Waals surface area contributed by atoms with Crippen molar-refractivity contribution < 1.29 is 23.8 Å². The first kappa shape index (κ1) is 28.8. The normalized spacial score (nSPS) is 17.0. The zero-order valence-corrected chi connectivity index (χ0v) is 24.6. The molecule has 0 unspecified atom stereocenters. The van der Waals surface area contributed by atoms with Gasteiger partial charge in [0.1, 0.15) is 24.1 Å². The molecule has 5 rings (SSSR count). The Morgan fingerprint density at radius 2 is 2.12 bits per heavy atom. The highest BCUT2D eigenvalue weighted by Gasteiger charge is 2.31. The molecule has 10 nitrogen and oxygen atoms in total. The van der Waals surface area contributed by atoms with Gasteiger partial charge in [0.2, 0.25) is 0 Å². The summed E-state index contributed by atoms with van der Waals surface area (Å²) in [6, 6.07) is 7.55. The molecule has 218 valence electrons. The second-order valence-corrected chi connectivity index (χ2v) is 11.5. The Morgan fingerprint density at radius 3 is 2.90 bits per heavy atom. The van der Waals surface area contributed by atoms with E-state index in [1.807, 2.05) is 52.0 Å². The van der Waals surface area contributed by atoms with Gasteiger partial charge < -0.3 is 34.7 Å². The van der Waals surface area contributed by atoms with Gasteiger partial charge in [-0.15, -0.1) is 0 Å². The molecule has 0 spiro atoms. The van der Waals surface area contributed by atoms with E-state index in [2.05, 4.69) is 20.6 Å². The van der Waals surface area contributed by atoms with E-state index < -0.39 is 5.60 Å². The summed E-state index contributed by atoms with van der Waals surface area (Å²) in [5, 5.41) is 7.12. The van der Waals surface area contributed by atoms with E-state index in [1.165, 1.54) is 0 Å². The molecule has 1 saturated heterocycles. The number of rotatable bonds is 7. The lowest BCUT2D eigenvalue weighted by Crippen LogP contribution is -2.49. The third kappa shape index (κ3) is 6.44. The number of aromatic nitrogens is 2. The first-order valence-corrected chi connectivity index (χ1v) is 14.3. The van der Waals surface area contributed by atoms with Crippen LogP contribution in [0.15, 0.2) is 36.7 Å². The van der Waals surface area contributed by atoms with Crippen LogP contribution in [0, 0.1) is 0 Å². The number of amides is 2. The zero-order chi connectivity index (χ0) is 29.1. The molecule has 3 N–H and O–H groups in total. The molecule has 2 aliphatic rings. The van der Waals surface area contributed by atoms with Gasteiger partial charge in [0, 0.05) is 47.7 Å². The third-order valence-electron chi connectivity index (χ3n) is 6.97. The second kappa shape index (κ2) is 12.0. The maximum Gasteiger partial charge on any atom is 0.410 e. The second-order valence-electron chi connectivity index (χ2n) is 11.1. The molecule has 11 heteroatoms. The summed E-state index contributed by atoms with van der Waals surface area (Å²) in [7, 11) is 0. The van der Waals surface area contributed by atoms with E-state index >= 15 is 0 Å². The van der Waals surface area contributed by atoms with Crippen LogP contribution in [0.2, 0.25) is 5.02 Å². The van der Waals surface area contributed by atoms with E-state index in [0.29, 0.717) is 60.4 Å². The fourth-order valence-electron chi connectivity index (χ4n) is 5.07. The topological polar surface area (TPSA) is 118 Å². The van der Waals surface area contributed by atoms with E-state index in [-0.39, 0.29) is 24.7 Å². The van der Waals surface area contributed by atoms with Crippen molar-refractivity contribution in [2.75, 3.05) is 38.2 Å². The van der Waals surface area contributed by atoms with Crippen molar-refractivity contribution in [3.05, 3.63) is 58.5 Å². The van der Waals surface area contributed by atoms with Gasteiger partial charge in [-0.2, -0.15) is 0 Å². The number of hydrogen-bond acceptors (Lipinski definition) is 7. The SMILES string of the molecule is CCc1c(Cl)cccc1Nc1c(-c2ccncc2OC[C@H]2CN(C(=O)OC(C)(C)C)CCO2)[nH]c2c1C(=O)NCC2. The number of carbonyl (C=O) groups is 2. The molecule has 2 aliphatic heterocycles. The van der Waals surface area contributed by atoms with Gasteiger partial charge in [-0.1, -0.05) is 24.6 Å². The quantitative estimate of drug-likeness (QED) is 0.345. The van der Waals surface area contributed by atoms with Crippen molar-refractivity contribution in [3.63, 3.8) is 0 Å². The van der Waals surface area contributed by atoms with Crippen LogP contribution in [0.5, 0.6) is 5.75 Å². The minimum Gasteiger partial charge on any atom is -0.488 e. The number of H-pyrrole nitrogens is 1. The highest BCUT2D eigenvalue weighted by Crippen LogP contribution is 2.41. The molecular formula is C30H36ClN5O5. The predicted molar refractivity (Wildman–Crippen MR) is 157 cm³/mol. The highest BCUT2D eigenvalue weighted by molar-refractivity contribution is 6.31. The molecule has 2 amide bonds. The molecule has 0 radical (unpaired) electrons. The number of pyridine rings is 1. The van der Waals surface area contributed by atoms with Crippen molar-refractivity contribution in [1.29, 1.82) is 0 Å². The van der Waals surface area contributed by atoms with Crippen molar-refractivity contribution in [2.24, 2.45) is 0 Å². The summed E-state index contributed by atoms with van der Waals surface area (Å²) >= 11 is 6.50. The number of hydrogen-bond donors (Lipinski definition) is 3. The molecule has 4 heterocycles. The average Bonchev–Trinajstić information content (AvgIpc) is 3.30. The smallest absolute Gasteiger partial charge is 0.410 e. The number of nitrogens with zero attached hydrogens (tertiary/aromatic N) is 2. The van der Waals surface area contributed by atoms with Crippen LogP contribution >= 0.6 is 11.6 Å². The third-order valence-corrected chi connectivity index (χ3v) is 7.32. The van der Waals surface area contributed by atoms with E-state index in [0.717, 1.165) is 28.9 Å². The molecule has 1 aromatic carbocycles. The average molecular weight is 582 g/mol. The Bertz CT molecular complexity index is 1430. The summed E-state index contributed by atoms with van der Waals surface area (Å²) in [5.74, 6) is 0.375. The van der Waals surface area contributed by atoms with Crippen molar-refractivity contribution in [3.8, 4) is 17.0 Å². The Morgan fingerprint density at radius 1 is 1.29 bits per heavy atom. The number of ether oxygens (including phenoxy) is 3. The van der Waals surface area contributed by atoms with Gasteiger partial charge >= 0.3 is 6.09 Å². The number of fused-ring (bicyclic) bond motifs is 1. The Labute approximate surface area is 244 Å². The van der Waals surface area contributed by atoms with Crippen LogP contribution in [0.25, 0.3) is 11.3 Å². The van der Waals surface area contributed by atoms with Crippen LogP contribution in [-0.4, -0.2) is 71.4 Å². The predicted octanol–water partition coefficient (Wildman–Crippen LogP) is 5.34. The number of aromatic amines is 1. The number of halogens is 1. The van der Waals surface area contributed by atoms with Crippen LogP contribution < -0.4 is 15.4 Å². The number of morpholine rings is 1. The molecule has 1 atom stereocenters. The number of carbonyl (C=O) groups excluding carboxylic acids is 2. The minimum absolute atomic E-state index is 0.148. The number of nitrogens with one attached hydrogen (secondary N) is 3. The lowest BCUT2D eigenvalue weighted by molar-refractivity contribution is -0.0556. The van der Waals surface area contributed by atoms with Crippen LogP contribution in [0.4, 0.5) is 16.2 Å². The summed E-state index contributed by atoms with van der Waals surface area (Å²) in [5.41, 5.74) is 4.73. The van der Waals surface area contributed by atoms with Gasteiger partial charge in [-0.25, -0.2) is 4.79 Å². The van der Waals surface area contributed by atoms with E-state index in [4.69, 9.17) is 25.8 Å². The minimum atomic E-state index is -0.577. The number of anilines is 2. The van der Waals surface area contributed by atoms with E-state index in [1.54, 1.807) is 17.3 Å². The maximum absolute atomic E-state index is 13.1. The molecule has 0 aliphatic carbocycles.